The Labute approximate surface area is 95.9 Å². The summed E-state index contributed by atoms with van der Waals surface area (Å²) in [7, 11) is 0. The molecule has 0 spiro atoms. The first-order valence-corrected chi connectivity index (χ1v) is 6.23. The van der Waals surface area contributed by atoms with Crippen molar-refractivity contribution < 1.29 is 13.5 Å². The number of likely N-dealkylation sites (tertiary alicyclic amines) is 1. The molecule has 4 heteroatoms. The van der Waals surface area contributed by atoms with Crippen LogP contribution in [0.3, 0.4) is 0 Å². The zero-order valence-electron chi connectivity index (χ0n) is 10.1. The summed E-state index contributed by atoms with van der Waals surface area (Å²) < 4.78 is 31.2. The van der Waals surface area contributed by atoms with E-state index in [1.54, 1.807) is 0 Å². The summed E-state index contributed by atoms with van der Waals surface area (Å²) in [6, 6.07) is 0.460. The van der Waals surface area contributed by atoms with Crippen molar-refractivity contribution >= 4 is 0 Å². The van der Waals surface area contributed by atoms with Crippen molar-refractivity contribution in [2.75, 3.05) is 13.2 Å². The van der Waals surface area contributed by atoms with Crippen molar-refractivity contribution in [3.8, 4) is 0 Å². The van der Waals surface area contributed by atoms with Crippen LogP contribution in [0.1, 0.15) is 39.5 Å². The van der Waals surface area contributed by atoms with E-state index in [1.807, 2.05) is 13.8 Å². The van der Waals surface area contributed by atoms with Crippen molar-refractivity contribution in [2.24, 2.45) is 0 Å². The number of ether oxygens (including phenoxy) is 1. The molecule has 2 nitrogen and oxygen atoms in total. The third-order valence-corrected chi connectivity index (χ3v) is 3.58. The maximum absolute atomic E-state index is 12.8. The van der Waals surface area contributed by atoms with E-state index in [0.717, 1.165) is 19.4 Å². The molecule has 1 unspecified atom stereocenters. The van der Waals surface area contributed by atoms with Crippen molar-refractivity contribution in [1.82, 2.24) is 4.90 Å². The molecule has 0 N–H and O–H groups in total. The normalized spacial score (nSPS) is 30.9. The van der Waals surface area contributed by atoms with E-state index in [2.05, 4.69) is 4.90 Å². The second-order valence-electron chi connectivity index (χ2n) is 5.33. The van der Waals surface area contributed by atoms with Crippen LogP contribution >= 0.6 is 0 Å². The highest BCUT2D eigenvalue weighted by Gasteiger charge is 2.49. The van der Waals surface area contributed by atoms with Gasteiger partial charge in [-0.15, -0.1) is 0 Å². The standard InChI is InChI=1S/C12H21F2NO/c1-9(2)16-8-10-4-3-5-15(10)11-6-12(13,14)7-11/h9-11H,3-8H2,1-2H3. The Bertz CT molecular complexity index is 237. The van der Waals surface area contributed by atoms with Gasteiger partial charge in [-0.2, -0.15) is 0 Å². The predicted octanol–water partition coefficient (Wildman–Crippen LogP) is 2.67. The molecule has 1 saturated heterocycles. The van der Waals surface area contributed by atoms with Crippen LogP contribution in [0.25, 0.3) is 0 Å². The average molecular weight is 233 g/mol. The maximum atomic E-state index is 12.8. The van der Waals surface area contributed by atoms with Crippen LogP contribution in [-0.4, -0.2) is 42.2 Å². The molecule has 94 valence electrons. The minimum atomic E-state index is -2.41. The van der Waals surface area contributed by atoms with Gasteiger partial charge >= 0.3 is 0 Å². The molecule has 1 atom stereocenters. The van der Waals surface area contributed by atoms with Gasteiger partial charge in [0.2, 0.25) is 0 Å². The molecule has 1 aliphatic heterocycles. The number of rotatable bonds is 4. The molecule has 2 fully saturated rings. The van der Waals surface area contributed by atoms with Crippen LogP contribution in [0.5, 0.6) is 0 Å². The van der Waals surface area contributed by atoms with Gasteiger partial charge in [-0.25, -0.2) is 8.78 Å². The molecule has 1 saturated carbocycles. The summed E-state index contributed by atoms with van der Waals surface area (Å²) >= 11 is 0. The van der Waals surface area contributed by atoms with E-state index in [0.29, 0.717) is 12.6 Å². The van der Waals surface area contributed by atoms with Gasteiger partial charge in [0.05, 0.1) is 12.7 Å². The number of hydrogen-bond acceptors (Lipinski definition) is 2. The molecule has 16 heavy (non-hydrogen) atoms. The quantitative estimate of drug-likeness (QED) is 0.740. The monoisotopic (exact) mass is 233 g/mol. The van der Waals surface area contributed by atoms with E-state index in [4.69, 9.17) is 4.74 Å². The summed E-state index contributed by atoms with van der Waals surface area (Å²) in [4.78, 5) is 2.24. The summed E-state index contributed by atoms with van der Waals surface area (Å²) in [5.41, 5.74) is 0. The fraction of sp³-hybridized carbons (Fsp3) is 1.00. The van der Waals surface area contributed by atoms with Gasteiger partial charge in [0.25, 0.3) is 5.92 Å². The molecule has 1 aliphatic carbocycles. The predicted molar refractivity (Wildman–Crippen MR) is 58.8 cm³/mol. The number of hydrogen-bond donors (Lipinski definition) is 0. The zero-order valence-corrected chi connectivity index (χ0v) is 10.1. The van der Waals surface area contributed by atoms with Crippen molar-refractivity contribution in [2.45, 2.75) is 63.6 Å². The molecule has 1 heterocycles. The van der Waals surface area contributed by atoms with Gasteiger partial charge in [0.1, 0.15) is 0 Å². The third-order valence-electron chi connectivity index (χ3n) is 3.58. The van der Waals surface area contributed by atoms with E-state index in [9.17, 15) is 8.78 Å². The van der Waals surface area contributed by atoms with Crippen LogP contribution in [-0.2, 0) is 4.74 Å². The van der Waals surface area contributed by atoms with Gasteiger partial charge in [0.15, 0.2) is 0 Å². The number of nitrogens with zero attached hydrogens (tertiary/aromatic N) is 1. The third kappa shape index (κ3) is 2.72. The molecule has 0 radical (unpaired) electrons. The van der Waals surface area contributed by atoms with Gasteiger partial charge in [0, 0.05) is 24.9 Å². The Morgan fingerprint density at radius 3 is 2.62 bits per heavy atom. The summed E-state index contributed by atoms with van der Waals surface area (Å²) in [5, 5.41) is 0. The second kappa shape index (κ2) is 4.57. The lowest BCUT2D eigenvalue weighted by atomic mass is 9.86. The Morgan fingerprint density at radius 2 is 2.06 bits per heavy atom. The highest BCUT2D eigenvalue weighted by Crippen LogP contribution is 2.42. The van der Waals surface area contributed by atoms with Gasteiger partial charge in [-0.05, 0) is 33.2 Å². The largest absolute Gasteiger partial charge is 0.377 e. The van der Waals surface area contributed by atoms with Crippen LogP contribution in [0.2, 0.25) is 0 Å². The summed E-state index contributed by atoms with van der Waals surface area (Å²) in [5.74, 6) is -2.41. The Morgan fingerprint density at radius 1 is 1.38 bits per heavy atom. The van der Waals surface area contributed by atoms with E-state index < -0.39 is 5.92 Å². The highest BCUT2D eigenvalue weighted by molar-refractivity contribution is 4.97. The fourth-order valence-electron chi connectivity index (χ4n) is 2.69. The molecule has 0 aromatic heterocycles. The molecular weight excluding hydrogens is 212 g/mol. The number of halogens is 2. The lowest BCUT2D eigenvalue weighted by Gasteiger charge is -2.43. The summed E-state index contributed by atoms with van der Waals surface area (Å²) in [6.45, 7) is 5.68. The first-order valence-electron chi connectivity index (χ1n) is 6.23. The summed E-state index contributed by atoms with van der Waals surface area (Å²) in [6.07, 6.45) is 2.53. The lowest BCUT2D eigenvalue weighted by Crippen LogP contribution is -2.53. The highest BCUT2D eigenvalue weighted by atomic mass is 19.3. The minimum absolute atomic E-state index is 0.0468. The van der Waals surface area contributed by atoms with Crippen LogP contribution < -0.4 is 0 Å². The van der Waals surface area contributed by atoms with Crippen LogP contribution in [0.4, 0.5) is 8.78 Å². The van der Waals surface area contributed by atoms with Crippen molar-refractivity contribution in [3.63, 3.8) is 0 Å². The first kappa shape index (κ1) is 12.2. The van der Waals surface area contributed by atoms with Crippen LogP contribution in [0, 0.1) is 0 Å². The minimum Gasteiger partial charge on any atom is -0.377 e. The maximum Gasteiger partial charge on any atom is 0.251 e. The van der Waals surface area contributed by atoms with Gasteiger partial charge < -0.3 is 4.74 Å². The number of alkyl halides is 2. The lowest BCUT2D eigenvalue weighted by molar-refractivity contribution is -0.131. The van der Waals surface area contributed by atoms with Gasteiger partial charge in [-0.3, -0.25) is 4.90 Å². The van der Waals surface area contributed by atoms with E-state index >= 15 is 0 Å². The molecular formula is C12H21F2NO. The van der Waals surface area contributed by atoms with E-state index in [-0.39, 0.29) is 25.0 Å². The Kier molecular flexibility index (Phi) is 3.50. The molecule has 0 aromatic rings. The molecule has 2 rings (SSSR count). The smallest absolute Gasteiger partial charge is 0.251 e. The molecule has 0 amide bonds. The Balaban J connectivity index is 1.80. The van der Waals surface area contributed by atoms with Crippen molar-refractivity contribution in [1.29, 1.82) is 0 Å². The van der Waals surface area contributed by atoms with Gasteiger partial charge in [-0.1, -0.05) is 0 Å². The SMILES string of the molecule is CC(C)OCC1CCCN1C1CC(F)(F)C1. The van der Waals surface area contributed by atoms with Crippen molar-refractivity contribution in [3.05, 3.63) is 0 Å². The molecule has 0 aromatic carbocycles. The topological polar surface area (TPSA) is 12.5 Å². The Hall–Kier alpha value is -0.220. The zero-order chi connectivity index (χ0) is 11.8. The second-order valence-corrected chi connectivity index (χ2v) is 5.33. The van der Waals surface area contributed by atoms with E-state index in [1.165, 1.54) is 0 Å². The first-order chi connectivity index (χ1) is 7.48. The molecule has 2 aliphatic rings. The average Bonchev–Trinajstić information content (AvgIpc) is 2.58. The fourth-order valence-corrected chi connectivity index (χ4v) is 2.69. The van der Waals surface area contributed by atoms with Crippen LogP contribution in [0.15, 0.2) is 0 Å². The molecule has 0 bridgehead atoms.